The number of nitrogens with zero attached hydrogens (tertiary/aromatic N) is 1. The molecule has 4 aromatic rings. The summed E-state index contributed by atoms with van der Waals surface area (Å²) in [4.78, 5) is 25.4. The molecule has 0 fully saturated rings. The Bertz CT molecular complexity index is 1170. The molecule has 4 rings (SSSR count). The number of nitrogens with one attached hydrogen (secondary N) is 1. The number of amides is 1. The molecule has 5 heteroatoms. The van der Waals surface area contributed by atoms with E-state index in [1.807, 2.05) is 65.2 Å². The van der Waals surface area contributed by atoms with E-state index in [-0.39, 0.29) is 17.9 Å². The van der Waals surface area contributed by atoms with Crippen molar-refractivity contribution >= 4 is 39.3 Å². The third-order valence-electron chi connectivity index (χ3n) is 4.81. The highest BCUT2D eigenvalue weighted by Crippen LogP contribution is 2.19. The zero-order chi connectivity index (χ0) is 19.5. The number of hydrogen-bond donors (Lipinski definition) is 1. The fourth-order valence-electron chi connectivity index (χ4n) is 3.49. The van der Waals surface area contributed by atoms with Crippen molar-refractivity contribution in [2.75, 3.05) is 6.54 Å². The molecule has 1 heterocycles. The lowest BCUT2D eigenvalue weighted by Crippen LogP contribution is -2.30. The van der Waals surface area contributed by atoms with Crippen molar-refractivity contribution < 1.29 is 4.79 Å². The third kappa shape index (κ3) is 3.64. The first-order valence-corrected chi connectivity index (χ1v) is 9.53. The van der Waals surface area contributed by atoms with Crippen LogP contribution in [-0.4, -0.2) is 17.0 Å². The Balaban J connectivity index is 1.59. The molecule has 0 saturated carbocycles. The van der Waals surface area contributed by atoms with Crippen molar-refractivity contribution in [2.45, 2.75) is 13.0 Å². The number of hydrogen-bond acceptors (Lipinski definition) is 2. The maximum Gasteiger partial charge on any atom is 0.239 e. The van der Waals surface area contributed by atoms with Gasteiger partial charge in [-0.2, -0.15) is 0 Å². The first-order valence-electron chi connectivity index (χ1n) is 9.15. The average Bonchev–Trinajstić information content (AvgIpc) is 2.71. The molecule has 28 heavy (non-hydrogen) atoms. The van der Waals surface area contributed by atoms with Gasteiger partial charge in [0.25, 0.3) is 0 Å². The van der Waals surface area contributed by atoms with Gasteiger partial charge in [-0.15, -0.1) is 0 Å². The Kier molecular flexibility index (Phi) is 5.13. The Morgan fingerprint density at radius 3 is 2.18 bits per heavy atom. The fourth-order valence-corrected chi connectivity index (χ4v) is 3.70. The van der Waals surface area contributed by atoms with Crippen LogP contribution in [0.25, 0.3) is 21.8 Å². The minimum Gasteiger partial charge on any atom is -0.354 e. The number of carbonyl (C=O) groups excluding carboxylic acids is 1. The van der Waals surface area contributed by atoms with Crippen LogP contribution in [-0.2, 0) is 17.8 Å². The van der Waals surface area contributed by atoms with Crippen molar-refractivity contribution in [3.63, 3.8) is 0 Å². The van der Waals surface area contributed by atoms with Crippen LogP contribution in [0.4, 0.5) is 0 Å². The summed E-state index contributed by atoms with van der Waals surface area (Å²) in [6, 6.07) is 22.4. The first-order chi connectivity index (χ1) is 13.6. The number of carbonyl (C=O) groups is 1. The molecular formula is C23H19ClN2O2. The van der Waals surface area contributed by atoms with Crippen LogP contribution in [0.5, 0.6) is 0 Å². The molecule has 1 N–H and O–H groups in total. The van der Waals surface area contributed by atoms with E-state index in [4.69, 9.17) is 11.6 Å². The van der Waals surface area contributed by atoms with Gasteiger partial charge in [0.15, 0.2) is 5.43 Å². The molecule has 0 bridgehead atoms. The van der Waals surface area contributed by atoms with E-state index < -0.39 is 0 Å². The zero-order valence-electron chi connectivity index (χ0n) is 15.2. The van der Waals surface area contributed by atoms with Gasteiger partial charge in [0.05, 0.1) is 11.0 Å². The van der Waals surface area contributed by atoms with E-state index >= 15 is 0 Å². The van der Waals surface area contributed by atoms with E-state index in [9.17, 15) is 9.59 Å². The normalized spacial score (nSPS) is 11.0. The number of aromatic nitrogens is 1. The SMILES string of the molecule is O=C(Cn1c2ccccc2c(=O)c2ccccc21)NCCc1cccc(Cl)c1. The van der Waals surface area contributed by atoms with Crippen molar-refractivity contribution in [3.8, 4) is 0 Å². The Morgan fingerprint density at radius 2 is 1.54 bits per heavy atom. The highest BCUT2D eigenvalue weighted by Gasteiger charge is 2.12. The molecule has 0 radical (unpaired) electrons. The van der Waals surface area contributed by atoms with E-state index in [1.165, 1.54) is 0 Å². The summed E-state index contributed by atoms with van der Waals surface area (Å²) in [6.07, 6.45) is 0.706. The molecule has 3 aromatic carbocycles. The summed E-state index contributed by atoms with van der Waals surface area (Å²) in [5.41, 5.74) is 2.59. The summed E-state index contributed by atoms with van der Waals surface area (Å²) in [6.45, 7) is 0.673. The lowest BCUT2D eigenvalue weighted by Gasteiger charge is -2.15. The van der Waals surface area contributed by atoms with Gasteiger partial charge in [-0.1, -0.05) is 48.0 Å². The lowest BCUT2D eigenvalue weighted by atomic mass is 10.1. The molecule has 0 aliphatic carbocycles. The molecule has 0 spiro atoms. The predicted molar refractivity (Wildman–Crippen MR) is 114 cm³/mol. The summed E-state index contributed by atoms with van der Waals surface area (Å²) in [7, 11) is 0. The number of para-hydroxylation sites is 2. The molecule has 0 saturated heterocycles. The molecular weight excluding hydrogens is 372 g/mol. The van der Waals surface area contributed by atoms with Crippen LogP contribution in [0.3, 0.4) is 0 Å². The van der Waals surface area contributed by atoms with E-state index in [0.717, 1.165) is 16.6 Å². The highest BCUT2D eigenvalue weighted by atomic mass is 35.5. The van der Waals surface area contributed by atoms with E-state index in [1.54, 1.807) is 12.1 Å². The Labute approximate surface area is 167 Å². The molecule has 140 valence electrons. The summed E-state index contributed by atoms with van der Waals surface area (Å²) >= 11 is 6.00. The van der Waals surface area contributed by atoms with Crippen LogP contribution in [0, 0.1) is 0 Å². The molecule has 0 atom stereocenters. The van der Waals surface area contributed by atoms with Crippen LogP contribution < -0.4 is 10.7 Å². The molecule has 0 unspecified atom stereocenters. The van der Waals surface area contributed by atoms with Gasteiger partial charge in [-0.3, -0.25) is 9.59 Å². The zero-order valence-corrected chi connectivity index (χ0v) is 15.9. The van der Waals surface area contributed by atoms with Gasteiger partial charge < -0.3 is 9.88 Å². The van der Waals surface area contributed by atoms with Gasteiger partial charge in [0.2, 0.25) is 5.91 Å². The van der Waals surface area contributed by atoms with Gasteiger partial charge in [0.1, 0.15) is 6.54 Å². The smallest absolute Gasteiger partial charge is 0.239 e. The molecule has 0 aliphatic rings. The van der Waals surface area contributed by atoms with Gasteiger partial charge >= 0.3 is 0 Å². The van der Waals surface area contributed by atoms with Crippen molar-refractivity contribution in [1.29, 1.82) is 0 Å². The molecule has 0 aliphatic heterocycles. The quantitative estimate of drug-likeness (QED) is 0.520. The number of pyridine rings is 1. The topological polar surface area (TPSA) is 51.1 Å². The number of halogens is 1. The van der Waals surface area contributed by atoms with Crippen LogP contribution in [0.1, 0.15) is 5.56 Å². The van der Waals surface area contributed by atoms with Crippen molar-refractivity contribution in [2.24, 2.45) is 0 Å². The number of benzene rings is 3. The van der Waals surface area contributed by atoms with E-state index in [2.05, 4.69) is 5.32 Å². The van der Waals surface area contributed by atoms with Crippen LogP contribution in [0.15, 0.2) is 77.6 Å². The molecule has 4 nitrogen and oxygen atoms in total. The summed E-state index contributed by atoms with van der Waals surface area (Å²) < 4.78 is 1.90. The van der Waals surface area contributed by atoms with E-state index in [0.29, 0.717) is 28.8 Å². The predicted octanol–water partition coefficient (Wildman–Crippen LogP) is 4.17. The van der Waals surface area contributed by atoms with Crippen molar-refractivity contribution in [3.05, 3.63) is 93.6 Å². The monoisotopic (exact) mass is 390 g/mol. The second kappa shape index (κ2) is 7.87. The average molecular weight is 391 g/mol. The maximum atomic E-state index is 12.8. The van der Waals surface area contributed by atoms with Crippen molar-refractivity contribution in [1.82, 2.24) is 9.88 Å². The second-order valence-corrected chi connectivity index (χ2v) is 7.12. The summed E-state index contributed by atoms with van der Waals surface area (Å²) in [5, 5.41) is 4.89. The van der Waals surface area contributed by atoms with Gasteiger partial charge in [-0.25, -0.2) is 0 Å². The number of fused-ring (bicyclic) bond motifs is 2. The minimum atomic E-state index is -0.0963. The first kappa shape index (κ1) is 18.3. The second-order valence-electron chi connectivity index (χ2n) is 6.68. The Morgan fingerprint density at radius 1 is 0.893 bits per heavy atom. The standard InChI is InChI=1S/C23H19ClN2O2/c24-17-7-5-6-16(14-17)12-13-25-22(27)15-26-20-10-3-1-8-18(20)23(28)19-9-2-4-11-21(19)26/h1-11,14H,12-13,15H2,(H,25,27). The Hall–Kier alpha value is -3.11. The van der Waals surface area contributed by atoms with Gasteiger partial charge in [0, 0.05) is 22.3 Å². The van der Waals surface area contributed by atoms with Gasteiger partial charge in [-0.05, 0) is 48.4 Å². The largest absolute Gasteiger partial charge is 0.354 e. The third-order valence-corrected chi connectivity index (χ3v) is 5.04. The minimum absolute atomic E-state index is 0.0104. The van der Waals surface area contributed by atoms with Crippen LogP contribution >= 0.6 is 11.6 Å². The maximum absolute atomic E-state index is 12.8. The molecule has 1 amide bonds. The summed E-state index contributed by atoms with van der Waals surface area (Å²) in [5.74, 6) is -0.0963. The molecule has 1 aromatic heterocycles. The lowest BCUT2D eigenvalue weighted by molar-refractivity contribution is -0.121. The fraction of sp³-hybridized carbons (Fsp3) is 0.130. The highest BCUT2D eigenvalue weighted by molar-refractivity contribution is 6.30. The van der Waals surface area contributed by atoms with Crippen LogP contribution in [0.2, 0.25) is 5.02 Å². The number of rotatable bonds is 5.